The molecule has 2 aromatic rings. The highest BCUT2D eigenvalue weighted by Gasteiger charge is 2.32. The topological polar surface area (TPSA) is 63.7 Å². The molecule has 0 saturated carbocycles. The third kappa shape index (κ3) is 4.16. The third-order valence-corrected chi connectivity index (χ3v) is 6.48. The van der Waals surface area contributed by atoms with Crippen LogP contribution < -0.4 is 0 Å². The number of benzene rings is 2. The van der Waals surface area contributed by atoms with Crippen LogP contribution in [0.5, 0.6) is 0 Å². The zero-order valence-corrected chi connectivity index (χ0v) is 17.2. The molecule has 5 nitrogen and oxygen atoms in total. The molecule has 0 saturated heterocycles. The maximum Gasteiger partial charge on any atom is 0.356 e. The van der Waals surface area contributed by atoms with E-state index in [1.54, 1.807) is 43.3 Å². The smallest absolute Gasteiger partial charge is 0.356 e. The van der Waals surface area contributed by atoms with Gasteiger partial charge in [0.2, 0.25) is 0 Å². The lowest BCUT2D eigenvalue weighted by Gasteiger charge is -2.25. The molecule has 0 aliphatic rings. The highest BCUT2D eigenvalue weighted by Crippen LogP contribution is 2.31. The fourth-order valence-corrected chi connectivity index (χ4v) is 4.64. The van der Waals surface area contributed by atoms with Crippen LogP contribution in [-0.2, 0) is 19.6 Å². The molecule has 0 amide bonds. The predicted molar refractivity (Wildman–Crippen MR) is 105 cm³/mol. The monoisotopic (exact) mass is 437 g/mol. The zero-order chi connectivity index (χ0) is 19.3. The van der Waals surface area contributed by atoms with Gasteiger partial charge in [0.25, 0.3) is 10.0 Å². The standard InChI is InChI=1S/C19H20BrNO4S/c1-4-21(26(23,24)16-12-10-14(2)11-13-16)18(19(22)25-3)17(20)15-8-6-5-7-9-15/h5-13H,4H2,1-3H3/b18-17-. The highest BCUT2D eigenvalue weighted by atomic mass is 79.9. The molecule has 0 aliphatic carbocycles. The summed E-state index contributed by atoms with van der Waals surface area (Å²) in [6, 6.07) is 15.5. The molecule has 0 fully saturated rings. The van der Waals surface area contributed by atoms with Crippen LogP contribution in [0.4, 0.5) is 0 Å². The van der Waals surface area contributed by atoms with Crippen LogP contribution in [0.2, 0.25) is 0 Å². The van der Waals surface area contributed by atoms with Gasteiger partial charge in [0.1, 0.15) is 0 Å². The van der Waals surface area contributed by atoms with Gasteiger partial charge in [-0.2, -0.15) is 0 Å². The average molecular weight is 438 g/mol. The lowest BCUT2D eigenvalue weighted by Crippen LogP contribution is -2.34. The van der Waals surface area contributed by atoms with Crippen molar-refractivity contribution in [3.8, 4) is 0 Å². The van der Waals surface area contributed by atoms with Crippen LogP contribution in [0.3, 0.4) is 0 Å². The molecule has 0 aromatic heterocycles. The summed E-state index contributed by atoms with van der Waals surface area (Å²) in [4.78, 5) is 12.6. The number of hydrogen-bond acceptors (Lipinski definition) is 4. The number of nitrogens with zero attached hydrogens (tertiary/aromatic N) is 1. The van der Waals surface area contributed by atoms with Crippen molar-refractivity contribution in [2.45, 2.75) is 18.7 Å². The normalized spacial score (nSPS) is 12.3. The minimum absolute atomic E-state index is 0.0678. The van der Waals surface area contributed by atoms with Gasteiger partial charge in [0.05, 0.1) is 16.5 Å². The largest absolute Gasteiger partial charge is 0.464 e. The number of likely N-dealkylation sites (N-methyl/N-ethyl adjacent to an activating group) is 1. The Kier molecular flexibility index (Phi) is 6.61. The van der Waals surface area contributed by atoms with E-state index < -0.39 is 16.0 Å². The van der Waals surface area contributed by atoms with Crippen molar-refractivity contribution in [2.75, 3.05) is 13.7 Å². The van der Waals surface area contributed by atoms with Crippen LogP contribution in [0.25, 0.3) is 4.48 Å². The van der Waals surface area contributed by atoms with Gasteiger partial charge in [-0.25, -0.2) is 13.2 Å². The molecule has 26 heavy (non-hydrogen) atoms. The van der Waals surface area contributed by atoms with E-state index in [1.807, 2.05) is 13.0 Å². The molecule has 0 unspecified atom stereocenters. The lowest BCUT2D eigenvalue weighted by atomic mass is 10.2. The molecule has 0 atom stereocenters. The van der Waals surface area contributed by atoms with Crippen LogP contribution in [-0.4, -0.2) is 32.3 Å². The Labute approximate surface area is 162 Å². The first kappa shape index (κ1) is 20.2. The molecule has 0 aliphatic heterocycles. The lowest BCUT2D eigenvalue weighted by molar-refractivity contribution is -0.137. The summed E-state index contributed by atoms with van der Waals surface area (Å²) < 4.78 is 32.5. The Morgan fingerprint density at radius 2 is 1.65 bits per heavy atom. The Hall–Kier alpha value is -2.12. The van der Waals surface area contributed by atoms with Gasteiger partial charge in [-0.05, 0) is 47.5 Å². The van der Waals surface area contributed by atoms with Gasteiger partial charge in [-0.1, -0.05) is 48.0 Å². The number of carbonyl (C=O) groups excluding carboxylic acids is 1. The SMILES string of the molecule is CCN(/C(C(=O)OC)=C(\Br)c1ccccc1)S(=O)(=O)c1ccc(C)cc1. The van der Waals surface area contributed by atoms with E-state index in [2.05, 4.69) is 15.9 Å². The minimum atomic E-state index is -3.93. The summed E-state index contributed by atoms with van der Waals surface area (Å²) in [5.74, 6) is -0.738. The van der Waals surface area contributed by atoms with Crippen molar-refractivity contribution in [3.05, 3.63) is 71.4 Å². The van der Waals surface area contributed by atoms with Gasteiger partial charge < -0.3 is 4.74 Å². The van der Waals surface area contributed by atoms with E-state index in [4.69, 9.17) is 4.74 Å². The van der Waals surface area contributed by atoms with E-state index in [-0.39, 0.29) is 17.1 Å². The molecule has 0 bridgehead atoms. The van der Waals surface area contributed by atoms with Crippen molar-refractivity contribution < 1.29 is 17.9 Å². The first-order chi connectivity index (χ1) is 12.3. The quantitative estimate of drug-likeness (QED) is 0.506. The molecule has 138 valence electrons. The summed E-state index contributed by atoms with van der Waals surface area (Å²) in [5, 5.41) is 0. The van der Waals surface area contributed by atoms with Crippen molar-refractivity contribution in [2.24, 2.45) is 0 Å². The summed E-state index contributed by atoms with van der Waals surface area (Å²) in [7, 11) is -2.71. The van der Waals surface area contributed by atoms with Gasteiger partial charge in [-0.3, -0.25) is 4.31 Å². The average Bonchev–Trinajstić information content (AvgIpc) is 2.65. The van der Waals surface area contributed by atoms with Gasteiger partial charge in [-0.15, -0.1) is 0 Å². The van der Waals surface area contributed by atoms with Crippen LogP contribution in [0, 0.1) is 6.92 Å². The molecule has 7 heteroatoms. The number of ether oxygens (including phenoxy) is 1. The van der Waals surface area contributed by atoms with Crippen molar-refractivity contribution in [1.82, 2.24) is 4.31 Å². The summed E-state index contributed by atoms with van der Waals surface area (Å²) >= 11 is 3.38. The fourth-order valence-electron chi connectivity index (χ4n) is 2.40. The number of halogens is 1. The van der Waals surface area contributed by atoms with Crippen molar-refractivity contribution in [1.29, 1.82) is 0 Å². The van der Waals surface area contributed by atoms with E-state index in [0.717, 1.165) is 9.87 Å². The minimum Gasteiger partial charge on any atom is -0.464 e. The van der Waals surface area contributed by atoms with E-state index in [0.29, 0.717) is 10.0 Å². The van der Waals surface area contributed by atoms with Gasteiger partial charge in [0, 0.05) is 6.54 Å². The molecule has 0 N–H and O–H groups in total. The second-order valence-corrected chi connectivity index (χ2v) is 8.16. The van der Waals surface area contributed by atoms with E-state index in [1.165, 1.54) is 19.2 Å². The van der Waals surface area contributed by atoms with Gasteiger partial charge in [0.15, 0.2) is 5.70 Å². The van der Waals surface area contributed by atoms with Gasteiger partial charge >= 0.3 is 5.97 Å². The maximum absolute atomic E-state index is 13.1. The zero-order valence-electron chi connectivity index (χ0n) is 14.8. The summed E-state index contributed by atoms with van der Waals surface area (Å²) in [5.41, 5.74) is 1.55. The molecule has 0 spiro atoms. The Balaban J connectivity index is 2.65. The molecular formula is C19H20BrNO4S. The summed E-state index contributed by atoms with van der Waals surface area (Å²) in [6.07, 6.45) is 0. The fraction of sp³-hybridized carbons (Fsp3) is 0.211. The maximum atomic E-state index is 13.1. The Morgan fingerprint density at radius 3 is 2.15 bits per heavy atom. The first-order valence-electron chi connectivity index (χ1n) is 7.95. The predicted octanol–water partition coefficient (Wildman–Crippen LogP) is 3.94. The highest BCUT2D eigenvalue weighted by molar-refractivity contribution is 9.15. The second-order valence-electron chi connectivity index (χ2n) is 5.50. The first-order valence-corrected chi connectivity index (χ1v) is 10.2. The molecule has 0 heterocycles. The third-order valence-electron chi connectivity index (χ3n) is 3.76. The van der Waals surface area contributed by atoms with Crippen LogP contribution in [0.15, 0.2) is 65.2 Å². The second kappa shape index (κ2) is 8.51. The van der Waals surface area contributed by atoms with Crippen LogP contribution >= 0.6 is 15.9 Å². The number of rotatable bonds is 6. The number of aryl methyl sites for hydroxylation is 1. The molecule has 0 radical (unpaired) electrons. The number of sulfonamides is 1. The number of methoxy groups -OCH3 is 1. The van der Waals surface area contributed by atoms with E-state index >= 15 is 0 Å². The van der Waals surface area contributed by atoms with Crippen LogP contribution in [0.1, 0.15) is 18.1 Å². The molecular weight excluding hydrogens is 418 g/mol. The summed E-state index contributed by atoms with van der Waals surface area (Å²) in [6.45, 7) is 3.61. The number of carbonyl (C=O) groups is 1. The molecule has 2 rings (SSSR count). The molecule has 2 aromatic carbocycles. The Bertz CT molecular complexity index is 906. The number of hydrogen-bond donors (Lipinski definition) is 0. The van der Waals surface area contributed by atoms with E-state index in [9.17, 15) is 13.2 Å². The van der Waals surface area contributed by atoms with Crippen molar-refractivity contribution in [3.63, 3.8) is 0 Å². The van der Waals surface area contributed by atoms with Crippen molar-refractivity contribution >= 4 is 36.4 Å². The Morgan fingerprint density at radius 1 is 1.08 bits per heavy atom. The number of esters is 1.